The monoisotopic (exact) mass is 734 g/mol. The molecule has 4 amide bonds. The third kappa shape index (κ3) is 11.1. The zero-order valence-electron chi connectivity index (χ0n) is 25.4. The Bertz CT molecular complexity index is 1820. The summed E-state index contributed by atoms with van der Waals surface area (Å²) >= 11 is 2.67. The summed E-state index contributed by atoms with van der Waals surface area (Å²) < 4.78 is 0. The van der Waals surface area contributed by atoms with Crippen molar-refractivity contribution in [3.8, 4) is 22.5 Å². The van der Waals surface area contributed by atoms with Crippen LogP contribution in [-0.2, 0) is 26.1 Å². The molecule has 2 aromatic carbocycles. The van der Waals surface area contributed by atoms with Gasteiger partial charge in [0, 0.05) is 61.9 Å². The molecule has 2 aliphatic carbocycles. The first-order valence-corrected chi connectivity index (χ1v) is 16.1. The second-order valence-corrected chi connectivity index (χ2v) is 11.3. The van der Waals surface area contributed by atoms with Gasteiger partial charge in [-0.15, -0.1) is 22.7 Å². The number of nitrogens with one attached hydrogen (secondary N) is 6. The molecule has 0 aliphatic heterocycles. The van der Waals surface area contributed by atoms with Crippen molar-refractivity contribution in [1.82, 2.24) is 31.7 Å². The maximum absolute atomic E-state index is 11.8. The molecule has 0 atom stereocenters. The van der Waals surface area contributed by atoms with Gasteiger partial charge in [-0.05, 0) is 24.3 Å². The Morgan fingerprint density at radius 2 is 0.959 bits per heavy atom. The minimum atomic E-state index is -0.469. The van der Waals surface area contributed by atoms with Crippen LogP contribution in [0.25, 0.3) is 22.5 Å². The standard InChI is InChI=1S/2C17H14N4O2S.Ni/c2*22-15-9-5-4-8-13(15)10-18-21-16(23)20-17-19-14(11-24-17)12-6-2-1-3-7-12;/h2*1-11,18H,(H2,19,20,21,23);/b13-10+;13-10-;. The van der Waals surface area contributed by atoms with Gasteiger partial charge in [0.25, 0.3) is 0 Å². The van der Waals surface area contributed by atoms with Gasteiger partial charge < -0.3 is 10.9 Å². The molecule has 2 aliphatic rings. The topological polar surface area (TPSA) is 166 Å². The molecule has 0 saturated carbocycles. The number of hydrogen-bond acceptors (Lipinski definition) is 10. The third-order valence-electron chi connectivity index (χ3n) is 6.25. The Hall–Kier alpha value is -5.89. The Kier molecular flexibility index (Phi) is 13.5. The molecule has 2 aromatic heterocycles. The van der Waals surface area contributed by atoms with Gasteiger partial charge in [0.05, 0.1) is 11.4 Å². The zero-order valence-corrected chi connectivity index (χ0v) is 28.0. The number of aromatic nitrogens is 2. The molecule has 12 nitrogen and oxygen atoms in total. The molecule has 6 rings (SSSR count). The van der Waals surface area contributed by atoms with E-state index in [2.05, 4.69) is 42.3 Å². The van der Waals surface area contributed by atoms with Crippen LogP contribution in [0.2, 0.25) is 0 Å². The van der Waals surface area contributed by atoms with E-state index in [-0.39, 0.29) is 28.1 Å². The van der Waals surface area contributed by atoms with Crippen LogP contribution in [0.4, 0.5) is 19.9 Å². The van der Waals surface area contributed by atoms with Crippen LogP contribution in [0, 0.1) is 0 Å². The summed E-state index contributed by atoms with van der Waals surface area (Å²) in [5, 5.41) is 9.97. The summed E-state index contributed by atoms with van der Waals surface area (Å²) in [6.07, 6.45) is 15.9. The molecule has 2 heterocycles. The Morgan fingerprint density at radius 3 is 1.35 bits per heavy atom. The van der Waals surface area contributed by atoms with Gasteiger partial charge in [0.2, 0.25) is 0 Å². The fraction of sp³-hybridized carbons (Fsp3) is 0. The van der Waals surface area contributed by atoms with Gasteiger partial charge in [-0.1, -0.05) is 85.0 Å². The van der Waals surface area contributed by atoms with Crippen molar-refractivity contribution in [2.45, 2.75) is 0 Å². The second kappa shape index (κ2) is 18.5. The molecule has 0 spiro atoms. The van der Waals surface area contributed by atoms with Crippen LogP contribution >= 0.6 is 22.7 Å². The van der Waals surface area contributed by atoms with E-state index in [1.165, 1.54) is 47.2 Å². The maximum Gasteiger partial charge on any atom is 0.339 e. The van der Waals surface area contributed by atoms with E-state index in [4.69, 9.17) is 0 Å². The summed E-state index contributed by atoms with van der Waals surface area (Å²) in [4.78, 5) is 55.4. The maximum atomic E-state index is 11.8. The number of rotatable bonds is 8. The van der Waals surface area contributed by atoms with Crippen molar-refractivity contribution in [3.05, 3.63) is 144 Å². The Labute approximate surface area is 299 Å². The largest absolute Gasteiger partial charge is 0.339 e. The smallest absolute Gasteiger partial charge is 0.304 e. The quantitative estimate of drug-likeness (QED) is 0.0726. The summed E-state index contributed by atoms with van der Waals surface area (Å²) in [6, 6.07) is 18.5. The number of urea groups is 2. The van der Waals surface area contributed by atoms with Gasteiger partial charge in [-0.25, -0.2) is 19.6 Å². The molecule has 4 aromatic rings. The molecule has 15 heteroatoms. The van der Waals surface area contributed by atoms with Crippen LogP contribution in [0.5, 0.6) is 0 Å². The molecule has 0 radical (unpaired) electrons. The zero-order chi connectivity index (χ0) is 33.6. The van der Waals surface area contributed by atoms with Crippen molar-refractivity contribution < 1.29 is 35.7 Å². The number of hydrogen-bond donors (Lipinski definition) is 6. The van der Waals surface area contributed by atoms with Crippen molar-refractivity contribution in [3.63, 3.8) is 0 Å². The minimum absolute atomic E-state index is 0. The fourth-order valence-corrected chi connectivity index (χ4v) is 5.39. The first-order chi connectivity index (χ1) is 23.4. The van der Waals surface area contributed by atoms with Crippen LogP contribution in [0.1, 0.15) is 0 Å². The number of carbonyl (C=O) groups is 4. The number of allylic oxidation sites excluding steroid dienone is 10. The van der Waals surface area contributed by atoms with Gasteiger partial charge in [0.15, 0.2) is 21.8 Å². The summed E-state index contributed by atoms with van der Waals surface area (Å²) in [7, 11) is 0. The van der Waals surface area contributed by atoms with Crippen molar-refractivity contribution in [1.29, 1.82) is 0 Å². The van der Waals surface area contributed by atoms with Crippen molar-refractivity contribution >= 4 is 56.6 Å². The average Bonchev–Trinajstić information content (AvgIpc) is 3.78. The summed E-state index contributed by atoms with van der Waals surface area (Å²) in [5.41, 5.74) is 14.5. The number of hydrazine groups is 2. The van der Waals surface area contributed by atoms with Gasteiger partial charge in [0.1, 0.15) is 0 Å². The molecule has 0 fully saturated rings. The van der Waals surface area contributed by atoms with E-state index >= 15 is 0 Å². The minimum Gasteiger partial charge on any atom is -0.304 e. The van der Waals surface area contributed by atoms with Gasteiger partial charge >= 0.3 is 12.1 Å². The van der Waals surface area contributed by atoms with E-state index in [1.807, 2.05) is 71.4 Å². The first-order valence-electron chi connectivity index (χ1n) is 14.3. The number of thiazole rings is 2. The number of nitrogens with zero attached hydrogens (tertiary/aromatic N) is 2. The molecule has 0 bridgehead atoms. The number of amides is 4. The molecule has 49 heavy (non-hydrogen) atoms. The molecule has 0 unspecified atom stereocenters. The molecule has 6 N–H and O–H groups in total. The predicted molar refractivity (Wildman–Crippen MR) is 188 cm³/mol. The number of benzene rings is 2. The molecular weight excluding hydrogens is 707 g/mol. The van der Waals surface area contributed by atoms with Crippen LogP contribution < -0.4 is 32.3 Å². The number of anilines is 2. The van der Waals surface area contributed by atoms with E-state index in [9.17, 15) is 19.2 Å². The second-order valence-electron chi connectivity index (χ2n) is 9.62. The van der Waals surface area contributed by atoms with Gasteiger partial charge in [-0.2, -0.15) is 0 Å². The van der Waals surface area contributed by atoms with Crippen LogP contribution in [-0.4, -0.2) is 33.6 Å². The first kappa shape index (κ1) is 36.0. The fourth-order valence-electron chi connectivity index (χ4n) is 3.96. The normalized spacial score (nSPS) is 14.4. The van der Waals surface area contributed by atoms with E-state index < -0.39 is 12.1 Å². The summed E-state index contributed by atoms with van der Waals surface area (Å²) in [5.74, 6) is -0.251. The van der Waals surface area contributed by atoms with E-state index in [0.29, 0.717) is 21.4 Å². The third-order valence-corrected chi connectivity index (χ3v) is 7.77. The number of ketones is 2. The van der Waals surface area contributed by atoms with Gasteiger partial charge in [-0.3, -0.25) is 31.1 Å². The predicted octanol–water partition coefficient (Wildman–Crippen LogP) is 6.03. The van der Waals surface area contributed by atoms with E-state index in [1.54, 1.807) is 36.5 Å². The average molecular weight is 735 g/mol. The van der Waals surface area contributed by atoms with Crippen molar-refractivity contribution in [2.24, 2.45) is 0 Å². The molecule has 250 valence electrons. The van der Waals surface area contributed by atoms with Crippen LogP contribution in [0.15, 0.2) is 144 Å². The van der Waals surface area contributed by atoms with Crippen LogP contribution in [0.3, 0.4) is 0 Å². The SMILES string of the molecule is O=C(NN/C=C1/C=CC=CC1=O)Nc1nc(-c2ccccc2)cs1.O=C(NN/C=C1\C=CC=CC1=O)Nc1nc(-c2ccccc2)cs1.[Ni]. The van der Waals surface area contributed by atoms with E-state index in [0.717, 1.165) is 22.5 Å². The molecule has 0 saturated heterocycles. The summed E-state index contributed by atoms with van der Waals surface area (Å²) in [6.45, 7) is 0. The Balaban J connectivity index is 0.000000216. The Morgan fingerprint density at radius 1 is 0.571 bits per heavy atom. The molecular formula is C34H28N8NiO4S2. The van der Waals surface area contributed by atoms with Crippen molar-refractivity contribution in [2.75, 3.05) is 10.6 Å². The number of carbonyl (C=O) groups excluding carboxylic acids is 4.